The molecule has 0 amide bonds. The second-order valence-corrected chi connectivity index (χ2v) is 8.92. The summed E-state index contributed by atoms with van der Waals surface area (Å²) in [5.41, 5.74) is 2.46. The molecule has 174 valence electrons. The summed E-state index contributed by atoms with van der Waals surface area (Å²) in [5, 5.41) is 41.3. The van der Waals surface area contributed by atoms with Gasteiger partial charge in [-0.25, -0.2) is 0 Å². The van der Waals surface area contributed by atoms with Gasteiger partial charge in [0.15, 0.2) is 0 Å². The van der Waals surface area contributed by atoms with Gasteiger partial charge in [0.1, 0.15) is 42.4 Å². The van der Waals surface area contributed by atoms with Crippen molar-refractivity contribution in [2.45, 2.75) is 62.5 Å². The zero-order valence-corrected chi connectivity index (χ0v) is 18.6. The van der Waals surface area contributed by atoms with Crippen LogP contribution in [-0.2, 0) is 15.9 Å². The Morgan fingerprint density at radius 1 is 1.06 bits per heavy atom. The Morgan fingerprint density at radius 2 is 1.81 bits per heavy atom. The van der Waals surface area contributed by atoms with Crippen LogP contribution < -0.4 is 4.74 Å². The lowest BCUT2D eigenvalue weighted by Crippen LogP contribution is -2.57. The van der Waals surface area contributed by atoms with Crippen molar-refractivity contribution in [1.82, 2.24) is 0 Å². The van der Waals surface area contributed by atoms with Gasteiger partial charge in [-0.05, 0) is 48.2 Å². The molecule has 32 heavy (non-hydrogen) atoms. The minimum atomic E-state index is -1.44. The molecular weight excluding hydrogens is 436 g/mol. The average Bonchev–Trinajstić information content (AvgIpc) is 3.28. The van der Waals surface area contributed by atoms with Crippen LogP contribution in [0, 0.1) is 0 Å². The molecule has 2 aromatic rings. The molecule has 0 spiro atoms. The van der Waals surface area contributed by atoms with E-state index in [1.165, 1.54) is 6.92 Å². The molecule has 2 aliphatic heterocycles. The first-order valence-electron chi connectivity index (χ1n) is 10.8. The molecule has 0 bridgehead atoms. The fourth-order valence-electron chi connectivity index (χ4n) is 4.19. The second-order valence-electron chi connectivity index (χ2n) is 8.51. The van der Waals surface area contributed by atoms with Crippen molar-refractivity contribution < 1.29 is 34.6 Å². The Kier molecular flexibility index (Phi) is 7.37. The van der Waals surface area contributed by atoms with Crippen LogP contribution in [-0.4, -0.2) is 70.3 Å². The lowest BCUT2D eigenvalue weighted by atomic mass is 9.88. The van der Waals surface area contributed by atoms with Crippen LogP contribution in [0.1, 0.15) is 36.1 Å². The maximum Gasteiger partial charge on any atom is 0.124 e. The molecule has 7 nitrogen and oxygen atoms in total. The van der Waals surface area contributed by atoms with Crippen molar-refractivity contribution in [3.8, 4) is 5.75 Å². The molecular formula is C24H29ClO7. The highest BCUT2D eigenvalue weighted by atomic mass is 35.5. The van der Waals surface area contributed by atoms with Gasteiger partial charge in [0.25, 0.3) is 0 Å². The maximum absolute atomic E-state index is 10.5. The smallest absolute Gasteiger partial charge is 0.124 e. The van der Waals surface area contributed by atoms with Crippen molar-refractivity contribution in [3.63, 3.8) is 0 Å². The monoisotopic (exact) mass is 464 g/mol. The Hall–Kier alpha value is -1.71. The first kappa shape index (κ1) is 23.4. The molecule has 4 N–H and O–H groups in total. The number of hydrogen-bond acceptors (Lipinski definition) is 7. The Labute approximate surface area is 192 Å². The van der Waals surface area contributed by atoms with Crippen LogP contribution in [0.25, 0.3) is 0 Å². The Balaban J connectivity index is 1.50. The molecule has 4 rings (SSSR count). The number of halogens is 1. The van der Waals surface area contributed by atoms with Gasteiger partial charge >= 0.3 is 0 Å². The van der Waals surface area contributed by atoms with Gasteiger partial charge in [-0.1, -0.05) is 35.9 Å². The summed E-state index contributed by atoms with van der Waals surface area (Å²) in [5.74, 6) is 0.791. The molecule has 0 radical (unpaired) electrons. The topological polar surface area (TPSA) is 109 Å². The fraction of sp³-hybridized carbons (Fsp3) is 0.500. The molecule has 2 aromatic carbocycles. The van der Waals surface area contributed by atoms with Crippen LogP contribution in [0.15, 0.2) is 42.5 Å². The zero-order chi connectivity index (χ0) is 22.8. The molecule has 2 aliphatic rings. The average molecular weight is 465 g/mol. The molecule has 0 aromatic heterocycles. The van der Waals surface area contributed by atoms with E-state index in [-0.39, 0.29) is 6.10 Å². The van der Waals surface area contributed by atoms with Crippen LogP contribution in [0.3, 0.4) is 0 Å². The fourth-order valence-corrected chi connectivity index (χ4v) is 4.38. The number of hydrogen-bond donors (Lipinski definition) is 4. The van der Waals surface area contributed by atoms with E-state index in [0.29, 0.717) is 23.6 Å². The van der Waals surface area contributed by atoms with Gasteiger partial charge in [-0.15, -0.1) is 0 Å². The van der Waals surface area contributed by atoms with Gasteiger partial charge in [0, 0.05) is 11.4 Å². The molecule has 7 atom stereocenters. The van der Waals surface area contributed by atoms with Crippen LogP contribution in [0.4, 0.5) is 0 Å². The van der Waals surface area contributed by atoms with E-state index in [1.54, 1.807) is 12.1 Å². The summed E-state index contributed by atoms with van der Waals surface area (Å²) in [4.78, 5) is 0. The maximum atomic E-state index is 10.5. The van der Waals surface area contributed by atoms with E-state index >= 15 is 0 Å². The highest BCUT2D eigenvalue weighted by molar-refractivity contribution is 6.31. The van der Waals surface area contributed by atoms with Gasteiger partial charge in [0.2, 0.25) is 0 Å². The molecule has 7 unspecified atom stereocenters. The van der Waals surface area contributed by atoms with E-state index in [9.17, 15) is 20.4 Å². The summed E-state index contributed by atoms with van der Waals surface area (Å²) < 4.78 is 17.0. The summed E-state index contributed by atoms with van der Waals surface area (Å²) in [7, 11) is 0. The third-order valence-electron chi connectivity index (χ3n) is 6.03. The normalized spacial score (nSPS) is 31.4. The van der Waals surface area contributed by atoms with Crippen molar-refractivity contribution >= 4 is 11.6 Å². The number of aliphatic hydroxyl groups is 4. The third kappa shape index (κ3) is 5.10. The predicted molar refractivity (Wildman–Crippen MR) is 118 cm³/mol. The molecule has 0 aliphatic carbocycles. The molecule has 2 fully saturated rings. The van der Waals surface area contributed by atoms with Gasteiger partial charge < -0.3 is 34.6 Å². The number of benzene rings is 2. The first-order chi connectivity index (χ1) is 15.3. The van der Waals surface area contributed by atoms with Gasteiger partial charge in [-0.3, -0.25) is 0 Å². The van der Waals surface area contributed by atoms with E-state index < -0.39 is 36.6 Å². The van der Waals surface area contributed by atoms with Crippen LogP contribution in [0.2, 0.25) is 5.02 Å². The van der Waals surface area contributed by atoms with Crippen LogP contribution in [0.5, 0.6) is 5.75 Å². The van der Waals surface area contributed by atoms with E-state index in [1.807, 2.05) is 30.3 Å². The largest absolute Gasteiger partial charge is 0.488 e. The quantitative estimate of drug-likeness (QED) is 0.517. The molecule has 8 heteroatoms. The summed E-state index contributed by atoms with van der Waals surface area (Å²) in [6.07, 6.45) is -5.58. The first-order valence-corrected chi connectivity index (χ1v) is 11.2. The zero-order valence-electron chi connectivity index (χ0n) is 17.8. The van der Waals surface area contributed by atoms with E-state index in [0.717, 1.165) is 29.9 Å². The Bertz CT molecular complexity index is 898. The van der Waals surface area contributed by atoms with Crippen LogP contribution >= 0.6 is 11.6 Å². The van der Waals surface area contributed by atoms with Crippen molar-refractivity contribution in [3.05, 3.63) is 64.2 Å². The Morgan fingerprint density at radius 3 is 2.47 bits per heavy atom. The van der Waals surface area contributed by atoms with E-state index in [4.69, 9.17) is 25.8 Å². The van der Waals surface area contributed by atoms with Crippen molar-refractivity contribution in [2.75, 3.05) is 13.2 Å². The highest BCUT2D eigenvalue weighted by Gasteiger charge is 2.45. The second kappa shape index (κ2) is 10.1. The molecule has 2 heterocycles. The van der Waals surface area contributed by atoms with E-state index in [2.05, 4.69) is 0 Å². The lowest BCUT2D eigenvalue weighted by molar-refractivity contribution is -0.243. The van der Waals surface area contributed by atoms with Crippen molar-refractivity contribution in [2.24, 2.45) is 0 Å². The van der Waals surface area contributed by atoms with Crippen molar-refractivity contribution in [1.29, 1.82) is 0 Å². The van der Waals surface area contributed by atoms with Gasteiger partial charge in [0.05, 0.1) is 19.3 Å². The standard InChI is InChI=1S/C24H29ClO7/c1-13(26)23-21(28)20(27)22(29)24(32-23)15-4-7-19(25)16(11-15)10-14-2-5-17(6-3-14)31-18-8-9-30-12-18/h2-7,11,13,18,20-24,26-29H,8-10,12H2,1H3. The molecule has 0 saturated carbocycles. The number of rotatable bonds is 6. The number of aliphatic hydroxyl groups excluding tert-OH is 4. The van der Waals surface area contributed by atoms with Gasteiger partial charge in [-0.2, -0.15) is 0 Å². The summed E-state index contributed by atoms with van der Waals surface area (Å²) >= 11 is 6.43. The summed E-state index contributed by atoms with van der Waals surface area (Å²) in [6.45, 7) is 2.81. The number of ether oxygens (including phenoxy) is 3. The predicted octanol–water partition coefficient (Wildman–Crippen LogP) is 2.00. The third-order valence-corrected chi connectivity index (χ3v) is 6.40. The lowest BCUT2D eigenvalue weighted by Gasteiger charge is -2.42. The highest BCUT2D eigenvalue weighted by Crippen LogP contribution is 2.35. The minimum Gasteiger partial charge on any atom is -0.488 e. The minimum absolute atomic E-state index is 0.0910. The molecule has 2 saturated heterocycles. The summed E-state index contributed by atoms with van der Waals surface area (Å²) in [6, 6.07) is 13.0. The SMILES string of the molecule is CC(O)C1OC(c2ccc(Cl)c(Cc3ccc(OC4CCOC4)cc3)c2)C(O)C(O)C1O.